The summed E-state index contributed by atoms with van der Waals surface area (Å²) in [6.45, 7) is 0.119. The van der Waals surface area contributed by atoms with Gasteiger partial charge in [-0.3, -0.25) is 9.20 Å². The molecule has 2 heterocycles. The van der Waals surface area contributed by atoms with Gasteiger partial charge >= 0.3 is 0 Å². The lowest BCUT2D eigenvalue weighted by Gasteiger charge is -2.08. The van der Waals surface area contributed by atoms with Gasteiger partial charge in [0.1, 0.15) is 12.4 Å². The molecule has 27 heavy (non-hydrogen) atoms. The molecule has 0 fully saturated rings. The zero-order valence-electron chi connectivity index (χ0n) is 14.0. The quantitative estimate of drug-likeness (QED) is 0.516. The molecule has 0 unspecified atom stereocenters. The number of ether oxygens (including phenoxy) is 1. The maximum absolute atomic E-state index is 12.6. The number of benzene rings is 2. The molecule has 0 aliphatic heterocycles. The number of rotatable bonds is 5. The second-order valence-electron chi connectivity index (χ2n) is 5.72. The fourth-order valence-electron chi connectivity index (χ4n) is 2.57. The van der Waals surface area contributed by atoms with Crippen LogP contribution in [0.25, 0.3) is 4.96 Å². The van der Waals surface area contributed by atoms with Crippen LogP contribution in [0.1, 0.15) is 5.69 Å². The molecule has 8 heteroatoms. The summed E-state index contributed by atoms with van der Waals surface area (Å²) in [7, 11) is -3.56. The largest absolute Gasteiger partial charge is 0.487 e. The van der Waals surface area contributed by atoms with Crippen molar-refractivity contribution < 1.29 is 13.2 Å². The van der Waals surface area contributed by atoms with Crippen LogP contribution in [0.5, 0.6) is 5.75 Å². The molecule has 2 aromatic carbocycles. The Morgan fingerprint density at radius 1 is 1.00 bits per heavy atom. The normalized spacial score (nSPS) is 11.6. The van der Waals surface area contributed by atoms with E-state index in [0.29, 0.717) is 16.4 Å². The highest BCUT2D eigenvalue weighted by molar-refractivity contribution is 7.91. The Morgan fingerprint density at radius 2 is 1.70 bits per heavy atom. The molecular weight excluding hydrogens is 384 g/mol. The monoisotopic (exact) mass is 398 g/mol. The van der Waals surface area contributed by atoms with Crippen molar-refractivity contribution in [1.29, 1.82) is 0 Å². The van der Waals surface area contributed by atoms with Gasteiger partial charge in [-0.2, -0.15) is 0 Å². The molecule has 0 aliphatic rings. The topological polar surface area (TPSA) is 77.7 Å². The Bertz CT molecular complexity index is 1240. The van der Waals surface area contributed by atoms with E-state index >= 15 is 0 Å². The van der Waals surface area contributed by atoms with Crippen LogP contribution in [-0.2, 0) is 16.4 Å². The SMILES string of the molecule is O=c1cc(COc2ccc(S(=O)(=O)c3ccccc3)cc2)nc2sccn12. The van der Waals surface area contributed by atoms with Crippen molar-refractivity contribution >= 4 is 26.1 Å². The zero-order valence-corrected chi connectivity index (χ0v) is 15.6. The Hall–Kier alpha value is -2.97. The van der Waals surface area contributed by atoms with E-state index in [1.807, 2.05) is 0 Å². The van der Waals surface area contributed by atoms with Crippen molar-refractivity contribution in [2.45, 2.75) is 16.4 Å². The third kappa shape index (κ3) is 3.49. The van der Waals surface area contributed by atoms with Gasteiger partial charge in [-0.1, -0.05) is 18.2 Å². The molecule has 0 saturated heterocycles. The average Bonchev–Trinajstić information content (AvgIpc) is 3.17. The van der Waals surface area contributed by atoms with Crippen LogP contribution >= 0.6 is 11.3 Å². The molecule has 0 N–H and O–H groups in total. The number of hydrogen-bond acceptors (Lipinski definition) is 6. The van der Waals surface area contributed by atoms with E-state index in [1.165, 1.54) is 33.9 Å². The van der Waals surface area contributed by atoms with Crippen molar-refractivity contribution in [2.75, 3.05) is 0 Å². The van der Waals surface area contributed by atoms with Crippen LogP contribution in [0, 0.1) is 0 Å². The van der Waals surface area contributed by atoms with Gasteiger partial charge in [0.2, 0.25) is 9.84 Å². The van der Waals surface area contributed by atoms with Crippen LogP contribution in [0.15, 0.2) is 86.8 Å². The van der Waals surface area contributed by atoms with Gasteiger partial charge < -0.3 is 4.74 Å². The third-order valence-electron chi connectivity index (χ3n) is 3.93. The maximum atomic E-state index is 12.6. The lowest BCUT2D eigenvalue weighted by Crippen LogP contribution is -2.14. The Balaban J connectivity index is 1.51. The van der Waals surface area contributed by atoms with E-state index in [1.54, 1.807) is 54.0 Å². The van der Waals surface area contributed by atoms with Crippen molar-refractivity contribution in [2.24, 2.45) is 0 Å². The summed E-state index contributed by atoms with van der Waals surface area (Å²) in [5.41, 5.74) is 0.354. The van der Waals surface area contributed by atoms with E-state index in [0.717, 1.165) is 0 Å². The summed E-state index contributed by atoms with van der Waals surface area (Å²) in [5.74, 6) is 0.496. The number of sulfone groups is 1. The van der Waals surface area contributed by atoms with Gasteiger partial charge in [-0.25, -0.2) is 13.4 Å². The maximum Gasteiger partial charge on any atom is 0.258 e. The first-order valence-electron chi connectivity index (χ1n) is 8.03. The third-order valence-corrected chi connectivity index (χ3v) is 6.47. The lowest BCUT2D eigenvalue weighted by atomic mass is 10.3. The van der Waals surface area contributed by atoms with Crippen molar-refractivity contribution in [3.8, 4) is 5.75 Å². The van der Waals surface area contributed by atoms with Crippen molar-refractivity contribution in [3.63, 3.8) is 0 Å². The summed E-state index contributed by atoms with van der Waals surface area (Å²) < 4.78 is 32.3. The molecule has 0 bridgehead atoms. The lowest BCUT2D eigenvalue weighted by molar-refractivity contribution is 0.301. The molecule has 4 rings (SSSR count). The highest BCUT2D eigenvalue weighted by atomic mass is 32.2. The Kier molecular flexibility index (Phi) is 4.51. The predicted molar refractivity (Wildman–Crippen MR) is 102 cm³/mol. The summed E-state index contributed by atoms with van der Waals surface area (Å²) in [5, 5.41) is 1.79. The first-order valence-corrected chi connectivity index (χ1v) is 10.4. The standard InChI is InChI=1S/C19H14N2O4S2/c22-18-12-14(20-19-21(18)10-11-26-19)13-25-15-6-8-17(9-7-15)27(23,24)16-4-2-1-3-5-16/h1-12H,13H2. The highest BCUT2D eigenvalue weighted by Crippen LogP contribution is 2.23. The molecule has 6 nitrogen and oxygen atoms in total. The molecule has 136 valence electrons. The number of thiazole rings is 1. The first-order chi connectivity index (χ1) is 13.0. The molecule has 0 atom stereocenters. The fourth-order valence-corrected chi connectivity index (χ4v) is 4.59. The summed E-state index contributed by atoms with van der Waals surface area (Å²) in [6, 6.07) is 15.9. The second kappa shape index (κ2) is 6.98. The predicted octanol–water partition coefficient (Wildman–Crippen LogP) is 3.17. The van der Waals surface area contributed by atoms with Gasteiger partial charge in [-0.05, 0) is 36.4 Å². The summed E-state index contributed by atoms with van der Waals surface area (Å²) >= 11 is 1.37. The molecule has 0 spiro atoms. The number of fused-ring (bicyclic) bond motifs is 1. The highest BCUT2D eigenvalue weighted by Gasteiger charge is 2.17. The molecule has 0 saturated carbocycles. The van der Waals surface area contributed by atoms with Crippen LogP contribution < -0.4 is 10.3 Å². The smallest absolute Gasteiger partial charge is 0.258 e. The Labute approximate surface area is 159 Å². The van der Waals surface area contributed by atoms with E-state index in [9.17, 15) is 13.2 Å². The van der Waals surface area contributed by atoms with Gasteiger partial charge in [-0.15, -0.1) is 11.3 Å². The van der Waals surface area contributed by atoms with Crippen LogP contribution in [0.2, 0.25) is 0 Å². The van der Waals surface area contributed by atoms with Crippen molar-refractivity contribution in [3.05, 3.63) is 88.3 Å². The Morgan fingerprint density at radius 3 is 2.44 bits per heavy atom. The minimum Gasteiger partial charge on any atom is -0.487 e. The summed E-state index contributed by atoms with van der Waals surface area (Å²) in [6.07, 6.45) is 1.67. The molecule has 0 amide bonds. The average molecular weight is 398 g/mol. The van der Waals surface area contributed by atoms with Crippen LogP contribution in [0.4, 0.5) is 0 Å². The fraction of sp³-hybridized carbons (Fsp3) is 0.0526. The van der Waals surface area contributed by atoms with E-state index in [4.69, 9.17) is 4.74 Å². The number of aromatic nitrogens is 2. The molecule has 2 aromatic heterocycles. The first kappa shape index (κ1) is 17.4. The van der Waals surface area contributed by atoms with Crippen LogP contribution in [-0.4, -0.2) is 17.8 Å². The number of nitrogens with zero attached hydrogens (tertiary/aromatic N) is 2. The summed E-state index contributed by atoms with van der Waals surface area (Å²) in [4.78, 5) is 17.4. The molecular formula is C19H14N2O4S2. The van der Waals surface area contributed by atoms with E-state index in [2.05, 4.69) is 4.98 Å². The molecule has 4 aromatic rings. The molecule has 0 radical (unpaired) electrons. The van der Waals surface area contributed by atoms with Crippen molar-refractivity contribution in [1.82, 2.24) is 9.38 Å². The van der Waals surface area contributed by atoms with Gasteiger partial charge in [0.25, 0.3) is 5.56 Å². The van der Waals surface area contributed by atoms with Gasteiger partial charge in [0.05, 0.1) is 15.5 Å². The van der Waals surface area contributed by atoms with E-state index in [-0.39, 0.29) is 22.0 Å². The second-order valence-corrected chi connectivity index (χ2v) is 8.54. The van der Waals surface area contributed by atoms with Gasteiger partial charge in [0, 0.05) is 17.6 Å². The van der Waals surface area contributed by atoms with E-state index < -0.39 is 9.84 Å². The minimum absolute atomic E-state index is 0.119. The van der Waals surface area contributed by atoms with Gasteiger partial charge in [0.15, 0.2) is 4.96 Å². The zero-order chi connectivity index (χ0) is 18.9. The molecule has 0 aliphatic carbocycles. The van der Waals surface area contributed by atoms with Crippen LogP contribution in [0.3, 0.4) is 0 Å². The minimum atomic E-state index is -3.56. The number of hydrogen-bond donors (Lipinski definition) is 0.